The fourth-order valence-corrected chi connectivity index (χ4v) is 2.94. The van der Waals surface area contributed by atoms with Crippen LogP contribution in [0.3, 0.4) is 0 Å². The highest BCUT2D eigenvalue weighted by atomic mass is 35.5. The molecule has 1 aromatic carbocycles. The van der Waals surface area contributed by atoms with Crippen molar-refractivity contribution in [3.63, 3.8) is 0 Å². The molecule has 8 heteroatoms. The number of nitrogens with zero attached hydrogens (tertiary/aromatic N) is 2. The van der Waals surface area contributed by atoms with Crippen molar-refractivity contribution in [1.29, 1.82) is 0 Å². The summed E-state index contributed by atoms with van der Waals surface area (Å²) in [5.74, 6) is -0.441. The van der Waals surface area contributed by atoms with E-state index >= 15 is 0 Å². The van der Waals surface area contributed by atoms with Crippen LogP contribution in [0.4, 0.5) is 13.2 Å². The fraction of sp³-hybridized carbons (Fsp3) is 0.562. The van der Waals surface area contributed by atoms with Gasteiger partial charge in [0.2, 0.25) is 5.91 Å². The standard InChI is InChI=1S/C16H22F3N3O.ClH/c17-16(18,19)12-22-10-7-14(15(22)23)21(11-8-20)9-6-13-4-2-1-3-5-13;/h1-5,14H,6-12,20H2;1H. The van der Waals surface area contributed by atoms with Crippen molar-refractivity contribution >= 4 is 18.3 Å². The van der Waals surface area contributed by atoms with E-state index in [1.807, 2.05) is 35.2 Å². The number of hydrogen-bond acceptors (Lipinski definition) is 3. The Morgan fingerprint density at radius 1 is 1.21 bits per heavy atom. The van der Waals surface area contributed by atoms with Gasteiger partial charge in [0.25, 0.3) is 0 Å². The molecule has 0 spiro atoms. The van der Waals surface area contributed by atoms with Crippen LogP contribution < -0.4 is 5.73 Å². The van der Waals surface area contributed by atoms with Crippen LogP contribution in [-0.2, 0) is 11.2 Å². The van der Waals surface area contributed by atoms with Gasteiger partial charge in [0.05, 0.1) is 6.04 Å². The smallest absolute Gasteiger partial charge is 0.332 e. The van der Waals surface area contributed by atoms with E-state index in [4.69, 9.17) is 5.73 Å². The molecule has 1 atom stereocenters. The lowest BCUT2D eigenvalue weighted by molar-refractivity contribution is -0.159. The van der Waals surface area contributed by atoms with Gasteiger partial charge in [-0.2, -0.15) is 13.2 Å². The summed E-state index contributed by atoms with van der Waals surface area (Å²) in [4.78, 5) is 15.1. The molecule has 0 bridgehead atoms. The number of carbonyl (C=O) groups excluding carboxylic acids is 1. The molecule has 0 radical (unpaired) electrons. The summed E-state index contributed by atoms with van der Waals surface area (Å²) in [5, 5.41) is 0. The maximum atomic E-state index is 12.5. The number of amides is 1. The Labute approximate surface area is 146 Å². The van der Waals surface area contributed by atoms with Crippen LogP contribution in [0.1, 0.15) is 12.0 Å². The number of rotatable bonds is 7. The molecule has 0 aromatic heterocycles. The molecule has 2 N–H and O–H groups in total. The fourth-order valence-electron chi connectivity index (χ4n) is 2.94. The summed E-state index contributed by atoms with van der Waals surface area (Å²) in [7, 11) is 0. The van der Waals surface area contributed by atoms with Crippen LogP contribution >= 0.6 is 12.4 Å². The molecule has 24 heavy (non-hydrogen) atoms. The molecule has 136 valence electrons. The molecule has 2 rings (SSSR count). The molecule has 1 aliphatic rings. The zero-order chi connectivity index (χ0) is 16.9. The van der Waals surface area contributed by atoms with Crippen molar-refractivity contribution < 1.29 is 18.0 Å². The van der Waals surface area contributed by atoms with Gasteiger partial charge < -0.3 is 10.6 Å². The maximum Gasteiger partial charge on any atom is 0.406 e. The molecule has 1 amide bonds. The monoisotopic (exact) mass is 365 g/mol. The number of benzene rings is 1. The Morgan fingerprint density at radius 3 is 2.46 bits per heavy atom. The summed E-state index contributed by atoms with van der Waals surface area (Å²) < 4.78 is 37.5. The van der Waals surface area contributed by atoms with E-state index < -0.39 is 24.7 Å². The first-order chi connectivity index (χ1) is 10.9. The van der Waals surface area contributed by atoms with Gasteiger partial charge in [0.15, 0.2) is 0 Å². The van der Waals surface area contributed by atoms with Crippen LogP contribution in [0.2, 0.25) is 0 Å². The summed E-state index contributed by atoms with van der Waals surface area (Å²) in [6, 6.07) is 9.30. The van der Waals surface area contributed by atoms with E-state index in [1.165, 1.54) is 0 Å². The number of halogens is 4. The molecule has 0 aliphatic carbocycles. The third-order valence-corrected chi connectivity index (χ3v) is 4.03. The maximum absolute atomic E-state index is 12.5. The minimum absolute atomic E-state index is 0. The van der Waals surface area contributed by atoms with Gasteiger partial charge in [0, 0.05) is 26.2 Å². The van der Waals surface area contributed by atoms with Gasteiger partial charge in [-0.15, -0.1) is 12.4 Å². The van der Waals surface area contributed by atoms with E-state index in [1.54, 1.807) is 0 Å². The normalized spacial score (nSPS) is 18.1. The minimum Gasteiger partial charge on any atom is -0.332 e. The Balaban J connectivity index is 0.00000288. The lowest BCUT2D eigenvalue weighted by Crippen LogP contribution is -2.46. The molecule has 1 saturated heterocycles. The van der Waals surface area contributed by atoms with E-state index in [0.717, 1.165) is 16.9 Å². The lowest BCUT2D eigenvalue weighted by atomic mass is 10.1. The van der Waals surface area contributed by atoms with Gasteiger partial charge in [-0.25, -0.2) is 0 Å². The summed E-state index contributed by atoms with van der Waals surface area (Å²) in [6.45, 7) is 0.464. The number of nitrogens with two attached hydrogens (primary N) is 1. The molecule has 1 aliphatic heterocycles. The first-order valence-corrected chi connectivity index (χ1v) is 7.74. The minimum atomic E-state index is -4.35. The van der Waals surface area contributed by atoms with E-state index in [2.05, 4.69) is 0 Å². The lowest BCUT2D eigenvalue weighted by Gasteiger charge is -2.27. The highest BCUT2D eigenvalue weighted by Gasteiger charge is 2.41. The first kappa shape index (κ1) is 20.7. The molecule has 1 heterocycles. The summed E-state index contributed by atoms with van der Waals surface area (Å²) in [6.07, 6.45) is -3.19. The van der Waals surface area contributed by atoms with E-state index in [9.17, 15) is 18.0 Å². The van der Waals surface area contributed by atoms with Crippen molar-refractivity contribution in [3.8, 4) is 0 Å². The van der Waals surface area contributed by atoms with Gasteiger partial charge in [-0.3, -0.25) is 9.69 Å². The third-order valence-electron chi connectivity index (χ3n) is 4.03. The highest BCUT2D eigenvalue weighted by molar-refractivity contribution is 5.85. The second kappa shape index (κ2) is 9.25. The van der Waals surface area contributed by atoms with E-state index in [-0.39, 0.29) is 19.0 Å². The molecule has 1 aromatic rings. The highest BCUT2D eigenvalue weighted by Crippen LogP contribution is 2.23. The zero-order valence-corrected chi connectivity index (χ0v) is 14.2. The third kappa shape index (κ3) is 5.96. The van der Waals surface area contributed by atoms with Crippen molar-refractivity contribution in [3.05, 3.63) is 35.9 Å². The van der Waals surface area contributed by atoms with Crippen LogP contribution in [-0.4, -0.2) is 60.6 Å². The molecule has 0 saturated carbocycles. The second-order valence-electron chi connectivity index (χ2n) is 5.74. The van der Waals surface area contributed by atoms with Gasteiger partial charge in [-0.1, -0.05) is 30.3 Å². The molecule has 4 nitrogen and oxygen atoms in total. The van der Waals surface area contributed by atoms with Gasteiger partial charge in [-0.05, 0) is 18.4 Å². The number of hydrogen-bond donors (Lipinski definition) is 1. The Morgan fingerprint density at radius 2 is 1.88 bits per heavy atom. The summed E-state index contributed by atoms with van der Waals surface area (Å²) in [5.41, 5.74) is 6.73. The van der Waals surface area contributed by atoms with Gasteiger partial charge >= 0.3 is 6.18 Å². The molecule has 1 unspecified atom stereocenters. The number of carbonyl (C=O) groups is 1. The molecular weight excluding hydrogens is 343 g/mol. The SMILES string of the molecule is Cl.NCCN(CCc1ccccc1)C1CCN(CC(F)(F)F)C1=O. The number of likely N-dealkylation sites (tertiary alicyclic amines) is 1. The molecule has 1 fully saturated rings. The Hall–Kier alpha value is -1.31. The average molecular weight is 366 g/mol. The second-order valence-corrected chi connectivity index (χ2v) is 5.74. The zero-order valence-electron chi connectivity index (χ0n) is 13.3. The Bertz CT molecular complexity index is 513. The quantitative estimate of drug-likeness (QED) is 0.804. The predicted octanol–water partition coefficient (Wildman–Crippen LogP) is 2.07. The van der Waals surface area contributed by atoms with Crippen molar-refractivity contribution in [1.82, 2.24) is 9.80 Å². The predicted molar refractivity (Wildman–Crippen MR) is 89.1 cm³/mol. The van der Waals surface area contributed by atoms with Crippen LogP contribution in [0, 0.1) is 0 Å². The van der Waals surface area contributed by atoms with E-state index in [0.29, 0.717) is 26.1 Å². The van der Waals surface area contributed by atoms with Crippen LogP contribution in [0.25, 0.3) is 0 Å². The summed E-state index contributed by atoms with van der Waals surface area (Å²) >= 11 is 0. The molecular formula is C16H23ClF3N3O. The Kier molecular flexibility index (Phi) is 7.99. The number of alkyl halides is 3. The van der Waals surface area contributed by atoms with Crippen molar-refractivity contribution in [2.24, 2.45) is 5.73 Å². The van der Waals surface area contributed by atoms with Crippen molar-refractivity contribution in [2.75, 3.05) is 32.7 Å². The van der Waals surface area contributed by atoms with Crippen LogP contribution in [0.5, 0.6) is 0 Å². The first-order valence-electron chi connectivity index (χ1n) is 7.74. The van der Waals surface area contributed by atoms with Crippen LogP contribution in [0.15, 0.2) is 30.3 Å². The van der Waals surface area contributed by atoms with Gasteiger partial charge in [0.1, 0.15) is 6.54 Å². The largest absolute Gasteiger partial charge is 0.406 e. The van der Waals surface area contributed by atoms with Crippen molar-refractivity contribution in [2.45, 2.75) is 25.1 Å². The topological polar surface area (TPSA) is 49.6 Å². The average Bonchev–Trinajstić information content (AvgIpc) is 2.84.